The van der Waals surface area contributed by atoms with E-state index in [9.17, 15) is 17.5 Å². The van der Waals surface area contributed by atoms with Crippen LogP contribution in [0.5, 0.6) is 0 Å². The van der Waals surface area contributed by atoms with Crippen LogP contribution in [-0.2, 0) is 11.1 Å². The average Bonchev–Trinajstić information content (AvgIpc) is 2.63. The largest absolute Gasteiger partial charge is 1.00 e. The summed E-state index contributed by atoms with van der Waals surface area (Å²) in [7, 11) is 0. The third kappa shape index (κ3) is 3.00. The second kappa shape index (κ2) is 5.08. The minimum atomic E-state index is -3.52. The van der Waals surface area contributed by atoms with Crippen molar-refractivity contribution in [3.63, 3.8) is 0 Å². The smallest absolute Gasteiger partial charge is 0.768 e. The monoisotopic (exact) mass is 246 g/mol. The summed E-state index contributed by atoms with van der Waals surface area (Å²) in [5, 5.41) is -3.52. The van der Waals surface area contributed by atoms with Crippen LogP contribution < -0.4 is 29.6 Å². The van der Waals surface area contributed by atoms with Gasteiger partial charge in [-0.25, -0.2) is 0 Å². The van der Waals surface area contributed by atoms with Gasteiger partial charge in [-0.2, -0.15) is 8.78 Å². The van der Waals surface area contributed by atoms with E-state index in [0.717, 1.165) is 25.7 Å². The maximum Gasteiger partial charge on any atom is 1.00 e. The molecule has 82 valence electrons. The van der Waals surface area contributed by atoms with E-state index in [1.54, 1.807) is 0 Å². The molecule has 4 unspecified atom stereocenters. The van der Waals surface area contributed by atoms with E-state index < -0.39 is 22.8 Å². The molecule has 6 heteroatoms. The van der Waals surface area contributed by atoms with E-state index in [1.165, 1.54) is 0 Å². The van der Waals surface area contributed by atoms with Crippen molar-refractivity contribution in [2.45, 2.75) is 37.4 Å². The predicted molar refractivity (Wildman–Crippen MR) is 47.4 cm³/mol. The zero-order valence-electron chi connectivity index (χ0n) is 8.75. The molecule has 0 radical (unpaired) electrons. The molecule has 2 saturated carbocycles. The molecular weight excluding hydrogens is 233 g/mol. The van der Waals surface area contributed by atoms with Gasteiger partial charge >= 0.3 is 34.8 Å². The van der Waals surface area contributed by atoms with Crippen LogP contribution in [0.1, 0.15) is 32.1 Å². The van der Waals surface area contributed by atoms with E-state index in [1.807, 2.05) is 0 Å². The Labute approximate surface area is 113 Å². The van der Waals surface area contributed by atoms with Gasteiger partial charge in [-0.15, -0.1) is 0 Å². The van der Waals surface area contributed by atoms with Gasteiger partial charge in [-0.05, 0) is 37.0 Å². The van der Waals surface area contributed by atoms with Gasteiger partial charge in [0.1, 0.15) is 0 Å². The summed E-state index contributed by atoms with van der Waals surface area (Å²) in [4.78, 5) is 0. The minimum absolute atomic E-state index is 0. The van der Waals surface area contributed by atoms with E-state index >= 15 is 0 Å². The SMILES string of the molecule is O=S([O-])C(F)(F)CC1CC2CCC1C2.[Na+]. The van der Waals surface area contributed by atoms with Gasteiger partial charge in [0, 0.05) is 17.5 Å². The summed E-state index contributed by atoms with van der Waals surface area (Å²) in [6.07, 6.45) is 3.53. The van der Waals surface area contributed by atoms with Crippen LogP contribution >= 0.6 is 0 Å². The molecule has 2 nitrogen and oxygen atoms in total. The number of rotatable bonds is 3. The molecule has 0 N–H and O–H groups in total. The fourth-order valence-corrected chi connectivity index (χ4v) is 3.35. The predicted octanol–water partition coefficient (Wildman–Crippen LogP) is -0.711. The first-order valence-electron chi connectivity index (χ1n) is 4.96. The van der Waals surface area contributed by atoms with Gasteiger partial charge < -0.3 is 4.55 Å². The van der Waals surface area contributed by atoms with Crippen LogP contribution in [0.25, 0.3) is 0 Å². The van der Waals surface area contributed by atoms with Crippen molar-refractivity contribution in [2.75, 3.05) is 0 Å². The first-order valence-corrected chi connectivity index (χ1v) is 6.03. The Morgan fingerprint density at radius 2 is 2.00 bits per heavy atom. The molecule has 0 aliphatic heterocycles. The summed E-state index contributed by atoms with van der Waals surface area (Å²) < 4.78 is 46.4. The maximum absolute atomic E-state index is 12.9. The minimum Gasteiger partial charge on any atom is -0.768 e. The van der Waals surface area contributed by atoms with Crippen LogP contribution in [0.3, 0.4) is 0 Å². The van der Waals surface area contributed by atoms with Crippen molar-refractivity contribution in [1.29, 1.82) is 0 Å². The number of hydrogen-bond acceptors (Lipinski definition) is 2. The Morgan fingerprint density at radius 3 is 2.40 bits per heavy atom. The standard InChI is InChI=1S/C9H14F2O2S.Na/c10-9(11,14(12)13)5-8-4-6-1-2-7(8)3-6;/h6-8H,1-5H2,(H,12,13);/q;+1/p-1. The summed E-state index contributed by atoms with van der Waals surface area (Å²) in [5.74, 6) is 0.872. The summed E-state index contributed by atoms with van der Waals surface area (Å²) in [5.41, 5.74) is 0. The van der Waals surface area contributed by atoms with Crippen LogP contribution in [-0.4, -0.2) is 14.0 Å². The first kappa shape index (κ1) is 14.0. The fraction of sp³-hybridized carbons (Fsp3) is 1.00. The zero-order chi connectivity index (χ0) is 10.3. The van der Waals surface area contributed by atoms with Crippen molar-refractivity contribution >= 4 is 11.1 Å². The van der Waals surface area contributed by atoms with Crippen molar-refractivity contribution in [2.24, 2.45) is 17.8 Å². The molecule has 2 bridgehead atoms. The quantitative estimate of drug-likeness (QED) is 0.487. The molecule has 0 amide bonds. The molecule has 0 aromatic rings. The van der Waals surface area contributed by atoms with E-state index in [0.29, 0.717) is 11.8 Å². The average molecular weight is 246 g/mol. The van der Waals surface area contributed by atoms with Crippen molar-refractivity contribution in [1.82, 2.24) is 0 Å². The number of halogens is 2. The molecule has 0 aromatic carbocycles. The Kier molecular flexibility index (Phi) is 4.76. The van der Waals surface area contributed by atoms with Gasteiger partial charge in [-0.3, -0.25) is 4.21 Å². The molecule has 0 heterocycles. The molecule has 2 aliphatic rings. The van der Waals surface area contributed by atoms with Crippen LogP contribution in [0.15, 0.2) is 0 Å². The molecule has 2 rings (SSSR count). The van der Waals surface area contributed by atoms with Gasteiger partial charge in [0.15, 0.2) is 0 Å². The van der Waals surface area contributed by atoms with Gasteiger partial charge in [0.25, 0.3) is 0 Å². The van der Waals surface area contributed by atoms with Gasteiger partial charge in [0.2, 0.25) is 0 Å². The van der Waals surface area contributed by atoms with Crippen LogP contribution in [0.4, 0.5) is 8.78 Å². The molecule has 2 fully saturated rings. The third-order valence-electron chi connectivity index (χ3n) is 3.63. The Balaban J connectivity index is 0.00000112. The number of fused-ring (bicyclic) bond motifs is 2. The molecule has 0 saturated heterocycles. The summed E-state index contributed by atoms with van der Waals surface area (Å²) in [6.45, 7) is 0. The topological polar surface area (TPSA) is 40.1 Å². The Hall–Kier alpha value is 0.970. The van der Waals surface area contributed by atoms with Crippen molar-refractivity contribution < 1.29 is 47.1 Å². The third-order valence-corrected chi connectivity index (χ3v) is 4.28. The summed E-state index contributed by atoms with van der Waals surface area (Å²) in [6, 6.07) is 0. The Morgan fingerprint density at radius 1 is 1.33 bits per heavy atom. The Bertz CT molecular complexity index is 262. The van der Waals surface area contributed by atoms with Crippen molar-refractivity contribution in [3.05, 3.63) is 0 Å². The number of hydrogen-bond donors (Lipinski definition) is 0. The van der Waals surface area contributed by atoms with E-state index in [-0.39, 0.29) is 35.5 Å². The van der Waals surface area contributed by atoms with Gasteiger partial charge in [-0.1, -0.05) is 6.42 Å². The second-order valence-corrected chi connectivity index (χ2v) is 5.58. The zero-order valence-corrected chi connectivity index (χ0v) is 11.6. The second-order valence-electron chi connectivity index (χ2n) is 4.51. The maximum atomic E-state index is 12.9. The van der Waals surface area contributed by atoms with E-state index in [2.05, 4.69) is 0 Å². The van der Waals surface area contributed by atoms with Crippen molar-refractivity contribution in [3.8, 4) is 0 Å². The van der Waals surface area contributed by atoms with Gasteiger partial charge in [0.05, 0.1) is 0 Å². The normalized spacial score (nSPS) is 36.3. The fourth-order valence-electron chi connectivity index (χ4n) is 3.00. The first-order chi connectivity index (χ1) is 6.49. The molecule has 15 heavy (non-hydrogen) atoms. The molecule has 2 aliphatic carbocycles. The van der Waals surface area contributed by atoms with E-state index in [4.69, 9.17) is 0 Å². The molecule has 0 spiro atoms. The van der Waals surface area contributed by atoms with Crippen LogP contribution in [0.2, 0.25) is 0 Å². The van der Waals surface area contributed by atoms with Crippen LogP contribution in [0, 0.1) is 17.8 Å². The molecular formula is C9H13F2NaO2S. The molecule has 4 atom stereocenters. The number of alkyl halides is 2. The summed E-state index contributed by atoms with van der Waals surface area (Å²) >= 11 is -3.26. The molecule has 0 aromatic heterocycles.